The molecule has 0 radical (unpaired) electrons. The van der Waals surface area contributed by atoms with Crippen molar-refractivity contribution < 1.29 is 9.90 Å². The van der Waals surface area contributed by atoms with Crippen LogP contribution in [0.1, 0.15) is 43.2 Å². The number of aliphatic carboxylic acids is 1. The van der Waals surface area contributed by atoms with Crippen LogP contribution in [0.15, 0.2) is 6.20 Å². The lowest BCUT2D eigenvalue weighted by atomic mass is 9.95. The molecule has 1 aromatic rings. The van der Waals surface area contributed by atoms with Crippen molar-refractivity contribution in [2.75, 3.05) is 13.1 Å². The molecule has 3 heterocycles. The van der Waals surface area contributed by atoms with E-state index in [2.05, 4.69) is 10.3 Å². The first-order valence-corrected chi connectivity index (χ1v) is 7.24. The quantitative estimate of drug-likeness (QED) is 0.864. The molecule has 1 fully saturated rings. The predicted molar refractivity (Wildman–Crippen MR) is 71.1 cm³/mol. The number of carboxylic acid groups (broad SMARTS) is 1. The second-order valence-electron chi connectivity index (χ2n) is 5.70. The van der Waals surface area contributed by atoms with E-state index >= 15 is 0 Å². The van der Waals surface area contributed by atoms with Gasteiger partial charge in [0.2, 0.25) is 0 Å². The maximum absolute atomic E-state index is 11.4. The number of hydrogen-bond donors (Lipinski definition) is 2. The Bertz CT molecular complexity index is 463. The van der Waals surface area contributed by atoms with Gasteiger partial charge in [-0.05, 0) is 51.1 Å². The maximum atomic E-state index is 11.4. The van der Waals surface area contributed by atoms with Gasteiger partial charge in [0.1, 0.15) is 11.9 Å². The third kappa shape index (κ3) is 2.52. The van der Waals surface area contributed by atoms with E-state index in [1.54, 1.807) is 0 Å². The highest BCUT2D eigenvalue weighted by Crippen LogP contribution is 2.28. The van der Waals surface area contributed by atoms with Gasteiger partial charge < -0.3 is 15.0 Å². The molecule has 0 saturated carbocycles. The van der Waals surface area contributed by atoms with Crippen molar-refractivity contribution in [2.24, 2.45) is 5.92 Å². The van der Waals surface area contributed by atoms with E-state index in [9.17, 15) is 9.90 Å². The molecule has 0 aromatic carbocycles. The second-order valence-corrected chi connectivity index (χ2v) is 5.70. The molecule has 2 aliphatic rings. The molecule has 2 atom stereocenters. The van der Waals surface area contributed by atoms with Crippen LogP contribution in [0.3, 0.4) is 0 Å². The van der Waals surface area contributed by atoms with Gasteiger partial charge in [0.05, 0.1) is 0 Å². The van der Waals surface area contributed by atoms with E-state index in [0.717, 1.165) is 50.3 Å². The summed E-state index contributed by atoms with van der Waals surface area (Å²) in [6, 6.07) is -0.405. The molecule has 2 unspecified atom stereocenters. The highest BCUT2D eigenvalue weighted by molar-refractivity contribution is 5.72. The van der Waals surface area contributed by atoms with Crippen LogP contribution < -0.4 is 5.32 Å². The van der Waals surface area contributed by atoms with Gasteiger partial charge in [0.15, 0.2) is 0 Å². The fourth-order valence-corrected chi connectivity index (χ4v) is 3.35. The minimum Gasteiger partial charge on any atom is -0.480 e. The van der Waals surface area contributed by atoms with Gasteiger partial charge in [-0.15, -0.1) is 0 Å². The molecule has 1 saturated heterocycles. The maximum Gasteiger partial charge on any atom is 0.326 e. The van der Waals surface area contributed by atoms with Gasteiger partial charge in [-0.3, -0.25) is 0 Å². The van der Waals surface area contributed by atoms with E-state index in [1.165, 1.54) is 12.8 Å². The molecule has 0 spiro atoms. The highest BCUT2D eigenvalue weighted by Gasteiger charge is 2.29. The molecular formula is C14H21N3O2. The Morgan fingerprint density at radius 2 is 2.37 bits per heavy atom. The Kier molecular flexibility index (Phi) is 3.55. The van der Waals surface area contributed by atoms with E-state index in [0.29, 0.717) is 5.92 Å². The lowest BCUT2D eigenvalue weighted by Crippen LogP contribution is -2.32. The van der Waals surface area contributed by atoms with Crippen LogP contribution in [0.5, 0.6) is 0 Å². The number of fused-ring (bicyclic) bond motifs is 1. The minimum atomic E-state index is -0.720. The molecule has 19 heavy (non-hydrogen) atoms. The number of nitrogens with zero attached hydrogens (tertiary/aromatic N) is 2. The molecule has 0 amide bonds. The first kappa shape index (κ1) is 12.7. The lowest BCUT2D eigenvalue weighted by Gasteiger charge is -2.27. The lowest BCUT2D eigenvalue weighted by molar-refractivity contribution is -0.141. The van der Waals surface area contributed by atoms with Crippen molar-refractivity contribution in [1.82, 2.24) is 14.9 Å². The summed E-state index contributed by atoms with van der Waals surface area (Å²) >= 11 is 0. The average molecular weight is 263 g/mol. The SMILES string of the molecule is O=C(O)C1CCCc2cnc(CC3CCCNC3)n21. The molecule has 5 nitrogen and oxygen atoms in total. The standard InChI is InChI=1S/C14H21N3O2/c18-14(19)12-5-1-4-11-9-16-13(17(11)12)7-10-3-2-6-15-8-10/h9-10,12,15H,1-8H2,(H,18,19). The van der Waals surface area contributed by atoms with Gasteiger partial charge in [-0.1, -0.05) is 0 Å². The molecule has 2 N–H and O–H groups in total. The topological polar surface area (TPSA) is 67.2 Å². The summed E-state index contributed by atoms with van der Waals surface area (Å²) in [7, 11) is 0. The number of aryl methyl sites for hydroxylation is 1. The van der Waals surface area contributed by atoms with Crippen LogP contribution >= 0.6 is 0 Å². The summed E-state index contributed by atoms with van der Waals surface area (Å²) in [6.07, 6.45) is 7.84. The van der Waals surface area contributed by atoms with Crippen molar-refractivity contribution in [1.29, 1.82) is 0 Å². The summed E-state index contributed by atoms with van der Waals surface area (Å²) in [5, 5.41) is 12.8. The third-order valence-corrected chi connectivity index (χ3v) is 4.33. The van der Waals surface area contributed by atoms with Crippen LogP contribution in [0.25, 0.3) is 0 Å². The summed E-state index contributed by atoms with van der Waals surface area (Å²) in [6.45, 7) is 2.13. The van der Waals surface area contributed by atoms with Crippen LogP contribution in [0, 0.1) is 5.92 Å². The number of carbonyl (C=O) groups is 1. The summed E-state index contributed by atoms with van der Waals surface area (Å²) in [4.78, 5) is 15.9. The van der Waals surface area contributed by atoms with E-state index in [4.69, 9.17) is 0 Å². The highest BCUT2D eigenvalue weighted by atomic mass is 16.4. The molecular weight excluding hydrogens is 242 g/mol. The van der Waals surface area contributed by atoms with Crippen molar-refractivity contribution in [3.8, 4) is 0 Å². The first-order chi connectivity index (χ1) is 9.25. The van der Waals surface area contributed by atoms with Gasteiger partial charge in [0, 0.05) is 18.3 Å². The Labute approximate surface area is 113 Å². The normalized spacial score (nSPS) is 26.9. The third-order valence-electron chi connectivity index (χ3n) is 4.33. The average Bonchev–Trinajstić information content (AvgIpc) is 2.83. The fourth-order valence-electron chi connectivity index (χ4n) is 3.35. The number of rotatable bonds is 3. The zero-order chi connectivity index (χ0) is 13.2. The largest absolute Gasteiger partial charge is 0.480 e. The molecule has 0 aliphatic carbocycles. The molecule has 3 rings (SSSR count). The van der Waals surface area contributed by atoms with Gasteiger partial charge in [-0.2, -0.15) is 0 Å². The van der Waals surface area contributed by atoms with Crippen LogP contribution in [-0.2, 0) is 17.6 Å². The Morgan fingerprint density at radius 3 is 3.11 bits per heavy atom. The number of nitrogens with one attached hydrogen (secondary N) is 1. The summed E-state index contributed by atoms with van der Waals surface area (Å²) < 4.78 is 1.99. The van der Waals surface area contributed by atoms with E-state index in [-0.39, 0.29) is 0 Å². The first-order valence-electron chi connectivity index (χ1n) is 7.24. The number of imidazole rings is 1. The fraction of sp³-hybridized carbons (Fsp3) is 0.714. The van der Waals surface area contributed by atoms with E-state index in [1.807, 2.05) is 10.8 Å². The number of carboxylic acids is 1. The van der Waals surface area contributed by atoms with Gasteiger partial charge in [0.25, 0.3) is 0 Å². The van der Waals surface area contributed by atoms with Crippen LogP contribution in [-0.4, -0.2) is 33.7 Å². The van der Waals surface area contributed by atoms with Crippen molar-refractivity contribution >= 4 is 5.97 Å². The Hall–Kier alpha value is -1.36. The zero-order valence-electron chi connectivity index (χ0n) is 11.1. The molecule has 104 valence electrons. The monoisotopic (exact) mass is 263 g/mol. The molecule has 2 aliphatic heterocycles. The number of hydrogen-bond acceptors (Lipinski definition) is 3. The minimum absolute atomic E-state index is 0.405. The molecule has 1 aromatic heterocycles. The van der Waals surface area contributed by atoms with Crippen LogP contribution in [0.2, 0.25) is 0 Å². The number of piperidine rings is 1. The summed E-state index contributed by atoms with van der Waals surface area (Å²) in [5.41, 5.74) is 1.09. The molecule has 5 heteroatoms. The smallest absolute Gasteiger partial charge is 0.326 e. The zero-order valence-corrected chi connectivity index (χ0v) is 11.1. The van der Waals surface area contributed by atoms with Gasteiger partial charge in [-0.25, -0.2) is 9.78 Å². The van der Waals surface area contributed by atoms with Gasteiger partial charge >= 0.3 is 5.97 Å². The van der Waals surface area contributed by atoms with Crippen molar-refractivity contribution in [3.63, 3.8) is 0 Å². The van der Waals surface area contributed by atoms with Crippen LogP contribution in [0.4, 0.5) is 0 Å². The Balaban J connectivity index is 1.82. The van der Waals surface area contributed by atoms with Crippen molar-refractivity contribution in [2.45, 2.75) is 44.6 Å². The number of aromatic nitrogens is 2. The van der Waals surface area contributed by atoms with E-state index < -0.39 is 12.0 Å². The predicted octanol–water partition coefficient (Wildman–Crippen LogP) is 1.39. The van der Waals surface area contributed by atoms with Crippen molar-refractivity contribution in [3.05, 3.63) is 17.7 Å². The molecule has 0 bridgehead atoms. The Morgan fingerprint density at radius 1 is 1.47 bits per heavy atom. The summed E-state index contributed by atoms with van der Waals surface area (Å²) in [5.74, 6) is 0.842. The second kappa shape index (κ2) is 5.33.